The van der Waals surface area contributed by atoms with Gasteiger partial charge in [0.1, 0.15) is 0 Å². The fourth-order valence-corrected chi connectivity index (χ4v) is 2.31. The highest BCUT2D eigenvalue weighted by Crippen LogP contribution is 2.16. The molecular weight excluding hydrogens is 260 g/mol. The van der Waals surface area contributed by atoms with Gasteiger partial charge >= 0.3 is 0 Å². The van der Waals surface area contributed by atoms with Gasteiger partial charge in [-0.2, -0.15) is 5.10 Å². The van der Waals surface area contributed by atoms with Crippen LogP contribution in [0.15, 0.2) is 48.8 Å². The zero-order valence-electron chi connectivity index (χ0n) is 12.5. The Kier molecular flexibility index (Phi) is 3.97. The van der Waals surface area contributed by atoms with Gasteiger partial charge in [-0.3, -0.25) is 0 Å². The topological polar surface area (TPSA) is 42.7 Å². The Balaban J connectivity index is 1.78. The summed E-state index contributed by atoms with van der Waals surface area (Å²) in [6, 6.07) is 12.3. The van der Waals surface area contributed by atoms with Crippen molar-refractivity contribution in [1.82, 2.24) is 20.1 Å². The Bertz CT molecular complexity index is 713. The lowest BCUT2D eigenvalue weighted by Gasteiger charge is -2.08. The van der Waals surface area contributed by atoms with Crippen LogP contribution in [-0.2, 0) is 6.54 Å². The van der Waals surface area contributed by atoms with Crippen LogP contribution in [0.5, 0.6) is 0 Å². The van der Waals surface area contributed by atoms with Gasteiger partial charge in [-0.15, -0.1) is 0 Å². The zero-order valence-corrected chi connectivity index (χ0v) is 12.5. The third-order valence-corrected chi connectivity index (χ3v) is 3.39. The minimum atomic E-state index is 0.660. The van der Waals surface area contributed by atoms with Crippen LogP contribution < -0.4 is 5.32 Å². The van der Waals surface area contributed by atoms with Gasteiger partial charge < -0.3 is 5.32 Å². The van der Waals surface area contributed by atoms with E-state index in [0.29, 0.717) is 5.92 Å². The molecule has 0 aliphatic rings. The first-order chi connectivity index (χ1) is 10.2. The predicted octanol–water partition coefficient (Wildman–Crippen LogP) is 3.17. The number of hydrogen-bond acceptors (Lipinski definition) is 3. The van der Waals surface area contributed by atoms with E-state index in [4.69, 9.17) is 0 Å². The van der Waals surface area contributed by atoms with E-state index >= 15 is 0 Å². The molecular formula is C17H20N4. The summed E-state index contributed by atoms with van der Waals surface area (Å²) >= 11 is 0. The van der Waals surface area contributed by atoms with Crippen molar-refractivity contribution in [2.45, 2.75) is 20.4 Å². The largest absolute Gasteiger partial charge is 0.312 e. The van der Waals surface area contributed by atoms with Crippen LogP contribution in [0.4, 0.5) is 0 Å². The summed E-state index contributed by atoms with van der Waals surface area (Å²) in [7, 11) is 0. The van der Waals surface area contributed by atoms with Crippen LogP contribution in [0, 0.1) is 5.92 Å². The number of pyridine rings is 1. The molecule has 4 nitrogen and oxygen atoms in total. The highest BCUT2D eigenvalue weighted by atomic mass is 15.3. The number of rotatable bonds is 5. The highest BCUT2D eigenvalue weighted by Gasteiger charge is 2.05. The summed E-state index contributed by atoms with van der Waals surface area (Å²) in [6.07, 6.45) is 3.79. The number of fused-ring (bicyclic) bond motifs is 1. The van der Waals surface area contributed by atoms with Crippen LogP contribution in [0.2, 0.25) is 0 Å². The quantitative estimate of drug-likeness (QED) is 0.780. The highest BCUT2D eigenvalue weighted by molar-refractivity contribution is 5.79. The van der Waals surface area contributed by atoms with Gasteiger partial charge in [0, 0.05) is 18.1 Å². The molecule has 0 unspecified atom stereocenters. The average Bonchev–Trinajstić information content (AvgIpc) is 2.92. The van der Waals surface area contributed by atoms with Crippen molar-refractivity contribution in [2.24, 2.45) is 5.92 Å². The summed E-state index contributed by atoms with van der Waals surface area (Å²) in [4.78, 5) is 4.53. The van der Waals surface area contributed by atoms with Crippen LogP contribution >= 0.6 is 0 Å². The Morgan fingerprint density at radius 1 is 1.10 bits per heavy atom. The van der Waals surface area contributed by atoms with Crippen LogP contribution in [0.3, 0.4) is 0 Å². The van der Waals surface area contributed by atoms with Crippen LogP contribution in [0.25, 0.3) is 16.7 Å². The van der Waals surface area contributed by atoms with Crippen LogP contribution in [-0.4, -0.2) is 21.3 Å². The fourth-order valence-electron chi connectivity index (χ4n) is 2.31. The van der Waals surface area contributed by atoms with Crippen LogP contribution in [0.1, 0.15) is 19.4 Å². The van der Waals surface area contributed by atoms with Crippen molar-refractivity contribution in [2.75, 3.05) is 6.54 Å². The van der Waals surface area contributed by atoms with Crippen molar-refractivity contribution in [1.29, 1.82) is 0 Å². The second-order valence-corrected chi connectivity index (χ2v) is 5.66. The third kappa shape index (κ3) is 3.11. The normalized spacial score (nSPS) is 11.4. The molecule has 0 amide bonds. The fraction of sp³-hybridized carbons (Fsp3) is 0.294. The molecule has 3 rings (SSSR count). The minimum Gasteiger partial charge on any atom is -0.312 e. The summed E-state index contributed by atoms with van der Waals surface area (Å²) in [5.74, 6) is 1.51. The lowest BCUT2D eigenvalue weighted by atomic mass is 10.2. The maximum Gasteiger partial charge on any atom is 0.153 e. The standard InChI is InChI=1S/C17H20N4/c1-13(2)9-18-10-14-7-8-17(19-11-14)21-16-6-4-3-5-15(16)12-20-21/h3-8,11-13,18H,9-10H2,1-2H3. The molecule has 0 saturated heterocycles. The first-order valence-electron chi connectivity index (χ1n) is 7.33. The first kappa shape index (κ1) is 13.8. The smallest absolute Gasteiger partial charge is 0.153 e. The van der Waals surface area contributed by atoms with E-state index in [1.807, 2.05) is 35.3 Å². The molecule has 0 aliphatic heterocycles. The molecule has 0 saturated carbocycles. The van der Waals surface area contributed by atoms with E-state index in [1.54, 1.807) is 0 Å². The number of para-hydroxylation sites is 1. The van der Waals surface area contributed by atoms with Crippen molar-refractivity contribution in [3.05, 3.63) is 54.4 Å². The third-order valence-electron chi connectivity index (χ3n) is 3.39. The molecule has 2 aromatic heterocycles. The zero-order chi connectivity index (χ0) is 14.7. The van der Waals surface area contributed by atoms with E-state index < -0.39 is 0 Å². The molecule has 0 radical (unpaired) electrons. The molecule has 0 aliphatic carbocycles. The van der Waals surface area contributed by atoms with Gasteiger partial charge in [0.15, 0.2) is 5.82 Å². The van der Waals surface area contributed by atoms with Gasteiger partial charge in [-0.1, -0.05) is 38.1 Å². The van der Waals surface area contributed by atoms with Crippen molar-refractivity contribution in [3.63, 3.8) is 0 Å². The summed E-state index contributed by atoms with van der Waals surface area (Å²) in [6.45, 7) is 6.28. The molecule has 2 heterocycles. The summed E-state index contributed by atoms with van der Waals surface area (Å²) in [5, 5.41) is 8.97. The summed E-state index contributed by atoms with van der Waals surface area (Å²) < 4.78 is 1.88. The minimum absolute atomic E-state index is 0.660. The first-order valence-corrected chi connectivity index (χ1v) is 7.33. The van der Waals surface area contributed by atoms with Crippen molar-refractivity contribution < 1.29 is 0 Å². The molecule has 0 atom stereocenters. The SMILES string of the molecule is CC(C)CNCc1ccc(-n2ncc3ccccc32)nc1. The molecule has 0 fully saturated rings. The van der Waals surface area contributed by atoms with Crippen molar-refractivity contribution in [3.8, 4) is 5.82 Å². The Morgan fingerprint density at radius 3 is 2.71 bits per heavy atom. The van der Waals surface area contributed by atoms with Gasteiger partial charge in [0.05, 0.1) is 11.7 Å². The second kappa shape index (κ2) is 6.06. The number of benzene rings is 1. The maximum absolute atomic E-state index is 4.53. The molecule has 1 N–H and O–H groups in total. The average molecular weight is 280 g/mol. The summed E-state index contributed by atoms with van der Waals surface area (Å²) in [5.41, 5.74) is 2.27. The Labute approximate surface area is 124 Å². The van der Waals surface area contributed by atoms with Crippen molar-refractivity contribution >= 4 is 10.9 Å². The Morgan fingerprint density at radius 2 is 1.95 bits per heavy atom. The molecule has 0 spiro atoms. The maximum atomic E-state index is 4.53. The van der Waals surface area contributed by atoms with E-state index in [-0.39, 0.29) is 0 Å². The van der Waals surface area contributed by atoms with Gasteiger partial charge in [-0.25, -0.2) is 9.67 Å². The molecule has 3 aromatic rings. The number of hydrogen-bond donors (Lipinski definition) is 1. The molecule has 0 bridgehead atoms. The van der Waals surface area contributed by atoms with Gasteiger partial charge in [0.2, 0.25) is 0 Å². The van der Waals surface area contributed by atoms with E-state index in [1.165, 1.54) is 5.56 Å². The number of nitrogens with zero attached hydrogens (tertiary/aromatic N) is 3. The predicted molar refractivity (Wildman–Crippen MR) is 85.4 cm³/mol. The van der Waals surface area contributed by atoms with E-state index in [0.717, 1.165) is 29.8 Å². The van der Waals surface area contributed by atoms with Gasteiger partial charge in [-0.05, 0) is 30.2 Å². The number of aromatic nitrogens is 3. The lowest BCUT2D eigenvalue weighted by molar-refractivity contribution is 0.552. The molecule has 21 heavy (non-hydrogen) atoms. The lowest BCUT2D eigenvalue weighted by Crippen LogP contribution is -2.19. The number of nitrogens with one attached hydrogen (secondary N) is 1. The second-order valence-electron chi connectivity index (χ2n) is 5.66. The van der Waals surface area contributed by atoms with E-state index in [9.17, 15) is 0 Å². The molecule has 1 aromatic carbocycles. The molecule has 108 valence electrons. The van der Waals surface area contributed by atoms with Gasteiger partial charge in [0.25, 0.3) is 0 Å². The molecule has 4 heteroatoms. The Hall–Kier alpha value is -2.20. The monoisotopic (exact) mass is 280 g/mol. The van der Waals surface area contributed by atoms with E-state index in [2.05, 4.69) is 47.4 Å².